The molecule has 1 fully saturated rings. The Morgan fingerprint density at radius 3 is 2.65 bits per heavy atom. The fraction of sp³-hybridized carbons (Fsp3) is 0.571. The molecule has 1 aromatic rings. The number of rotatable bonds is 4. The van der Waals surface area contributed by atoms with E-state index in [4.69, 9.17) is 0 Å². The number of thiophene rings is 1. The lowest BCUT2D eigenvalue weighted by atomic mass is 9.95. The number of aliphatic carboxylic acids is 1. The Bertz CT molecular complexity index is 516. The molecule has 6 heteroatoms. The first-order valence-electron chi connectivity index (χ1n) is 6.59. The minimum atomic E-state index is -0.847. The van der Waals surface area contributed by atoms with Crippen molar-refractivity contribution in [1.29, 1.82) is 0 Å². The molecule has 1 aliphatic carbocycles. The molecule has 0 aliphatic heterocycles. The van der Waals surface area contributed by atoms with E-state index in [9.17, 15) is 14.7 Å². The van der Waals surface area contributed by atoms with Crippen LogP contribution in [0.2, 0.25) is 0 Å². The number of hydrogen-bond donors (Lipinski definition) is 1. The summed E-state index contributed by atoms with van der Waals surface area (Å²) < 4.78 is 1.01. The molecule has 20 heavy (non-hydrogen) atoms. The fourth-order valence-electron chi connectivity index (χ4n) is 2.87. The van der Waals surface area contributed by atoms with E-state index in [0.717, 1.165) is 9.35 Å². The molecule has 1 N–H and O–H groups in total. The van der Waals surface area contributed by atoms with Crippen molar-refractivity contribution >= 4 is 39.1 Å². The van der Waals surface area contributed by atoms with Gasteiger partial charge in [0.05, 0.1) is 18.4 Å². The summed E-state index contributed by atoms with van der Waals surface area (Å²) in [6.45, 7) is 2.55. The maximum absolute atomic E-state index is 12.5. The van der Waals surface area contributed by atoms with Gasteiger partial charge in [0.2, 0.25) is 5.91 Å². The molecule has 0 bridgehead atoms. The van der Waals surface area contributed by atoms with Gasteiger partial charge in [-0.2, -0.15) is 0 Å². The summed E-state index contributed by atoms with van der Waals surface area (Å²) in [5.41, 5.74) is 0. The number of carboxylic acids is 1. The van der Waals surface area contributed by atoms with Crippen LogP contribution in [-0.4, -0.2) is 28.9 Å². The van der Waals surface area contributed by atoms with E-state index in [1.165, 1.54) is 0 Å². The quantitative estimate of drug-likeness (QED) is 0.897. The molecule has 4 nitrogen and oxygen atoms in total. The highest BCUT2D eigenvalue weighted by Gasteiger charge is 2.42. The first-order valence-corrected chi connectivity index (χ1v) is 8.26. The minimum Gasteiger partial charge on any atom is -0.481 e. The molecule has 3 unspecified atom stereocenters. The molecule has 1 aliphatic rings. The molecule has 110 valence electrons. The summed E-state index contributed by atoms with van der Waals surface area (Å²) in [4.78, 5) is 26.5. The molecule has 0 radical (unpaired) electrons. The Kier molecular flexibility index (Phi) is 4.86. The molecule has 0 aromatic carbocycles. The van der Waals surface area contributed by atoms with Gasteiger partial charge in [-0.3, -0.25) is 9.59 Å². The van der Waals surface area contributed by atoms with E-state index in [-0.39, 0.29) is 11.8 Å². The van der Waals surface area contributed by atoms with Crippen LogP contribution in [0.3, 0.4) is 0 Å². The van der Waals surface area contributed by atoms with Crippen LogP contribution < -0.4 is 0 Å². The summed E-state index contributed by atoms with van der Waals surface area (Å²) in [6, 6.07) is 1.99. The highest BCUT2D eigenvalue weighted by molar-refractivity contribution is 9.10. The lowest BCUT2D eigenvalue weighted by Gasteiger charge is -2.23. The predicted molar refractivity (Wildman–Crippen MR) is 81.5 cm³/mol. The number of nitrogens with zero attached hydrogens (tertiary/aromatic N) is 1. The van der Waals surface area contributed by atoms with Gasteiger partial charge < -0.3 is 10.0 Å². The zero-order chi connectivity index (χ0) is 14.9. The first-order chi connectivity index (χ1) is 9.38. The van der Waals surface area contributed by atoms with Crippen molar-refractivity contribution in [3.05, 3.63) is 20.8 Å². The summed E-state index contributed by atoms with van der Waals surface area (Å²) in [5, 5.41) is 11.2. The van der Waals surface area contributed by atoms with Crippen molar-refractivity contribution in [2.45, 2.75) is 26.3 Å². The number of amides is 1. The van der Waals surface area contributed by atoms with Crippen LogP contribution >= 0.6 is 27.3 Å². The standard InChI is InChI=1S/C14H18BrNO3S/c1-8-3-11(12(4-8)14(18)19)13(17)16(2)6-10-5-9(15)7-20-10/h5,7-8,11-12H,3-4,6H2,1-2H3,(H,18,19). The van der Waals surface area contributed by atoms with Crippen LogP contribution in [0, 0.1) is 17.8 Å². The summed E-state index contributed by atoms with van der Waals surface area (Å²) in [7, 11) is 1.75. The van der Waals surface area contributed by atoms with E-state index in [1.54, 1.807) is 23.3 Å². The summed E-state index contributed by atoms with van der Waals surface area (Å²) >= 11 is 4.98. The summed E-state index contributed by atoms with van der Waals surface area (Å²) in [6.07, 6.45) is 1.28. The van der Waals surface area contributed by atoms with Gasteiger partial charge in [0.1, 0.15) is 0 Å². The highest BCUT2D eigenvalue weighted by Crippen LogP contribution is 2.37. The molecule has 1 aromatic heterocycles. The predicted octanol–water partition coefficient (Wildman–Crippen LogP) is 3.22. The molecular weight excluding hydrogens is 342 g/mol. The maximum Gasteiger partial charge on any atom is 0.307 e. The molecule has 1 amide bonds. The van der Waals surface area contributed by atoms with Crippen molar-refractivity contribution in [1.82, 2.24) is 4.90 Å². The number of carboxylic acid groups (broad SMARTS) is 1. The van der Waals surface area contributed by atoms with Gasteiger partial charge in [0.25, 0.3) is 0 Å². The van der Waals surface area contributed by atoms with Gasteiger partial charge in [0, 0.05) is 21.8 Å². The number of halogens is 1. The van der Waals surface area contributed by atoms with E-state index >= 15 is 0 Å². The first kappa shape index (κ1) is 15.5. The van der Waals surface area contributed by atoms with Gasteiger partial charge in [-0.25, -0.2) is 0 Å². The van der Waals surface area contributed by atoms with Crippen LogP contribution in [0.5, 0.6) is 0 Å². The van der Waals surface area contributed by atoms with Crippen LogP contribution in [0.15, 0.2) is 15.9 Å². The van der Waals surface area contributed by atoms with Crippen molar-refractivity contribution < 1.29 is 14.7 Å². The van der Waals surface area contributed by atoms with E-state index < -0.39 is 11.9 Å². The second-order valence-electron chi connectivity index (χ2n) is 5.55. The molecular formula is C14H18BrNO3S. The average molecular weight is 360 g/mol. The Balaban J connectivity index is 2.04. The monoisotopic (exact) mass is 359 g/mol. The maximum atomic E-state index is 12.5. The van der Waals surface area contributed by atoms with Crippen molar-refractivity contribution in [2.24, 2.45) is 17.8 Å². The third kappa shape index (κ3) is 3.41. The lowest BCUT2D eigenvalue weighted by Crippen LogP contribution is -2.36. The second-order valence-corrected chi connectivity index (χ2v) is 7.46. The van der Waals surface area contributed by atoms with Crippen molar-refractivity contribution in [2.75, 3.05) is 7.05 Å². The SMILES string of the molecule is CC1CC(C(=O)O)C(C(=O)N(C)Cc2cc(Br)cs2)C1. The highest BCUT2D eigenvalue weighted by atomic mass is 79.9. The van der Waals surface area contributed by atoms with Crippen LogP contribution in [0.4, 0.5) is 0 Å². The Hall–Kier alpha value is -0.880. The van der Waals surface area contributed by atoms with Crippen molar-refractivity contribution in [3.8, 4) is 0 Å². The Morgan fingerprint density at radius 1 is 1.45 bits per heavy atom. The molecule has 1 saturated carbocycles. The van der Waals surface area contributed by atoms with Gasteiger partial charge in [-0.05, 0) is 40.8 Å². The van der Waals surface area contributed by atoms with Crippen LogP contribution in [-0.2, 0) is 16.1 Å². The zero-order valence-electron chi connectivity index (χ0n) is 11.5. The number of hydrogen-bond acceptors (Lipinski definition) is 3. The smallest absolute Gasteiger partial charge is 0.307 e. The molecule has 2 rings (SSSR count). The van der Waals surface area contributed by atoms with Crippen LogP contribution in [0.25, 0.3) is 0 Å². The lowest BCUT2D eigenvalue weighted by molar-refractivity contribution is -0.148. The van der Waals surface area contributed by atoms with E-state index in [0.29, 0.717) is 25.3 Å². The number of carbonyl (C=O) groups is 2. The van der Waals surface area contributed by atoms with Gasteiger partial charge >= 0.3 is 5.97 Å². The largest absolute Gasteiger partial charge is 0.481 e. The van der Waals surface area contributed by atoms with Gasteiger partial charge in [-0.1, -0.05) is 6.92 Å². The molecule has 1 heterocycles. The normalized spacial score (nSPS) is 25.6. The van der Waals surface area contributed by atoms with Gasteiger partial charge in [-0.15, -0.1) is 11.3 Å². The second kappa shape index (κ2) is 6.26. The fourth-order valence-corrected chi connectivity index (χ4v) is 4.37. The molecule has 0 spiro atoms. The third-order valence-electron chi connectivity index (χ3n) is 3.82. The number of carbonyl (C=O) groups excluding carboxylic acids is 1. The van der Waals surface area contributed by atoms with Crippen LogP contribution in [0.1, 0.15) is 24.6 Å². The Morgan fingerprint density at radius 2 is 2.10 bits per heavy atom. The third-order valence-corrected chi connectivity index (χ3v) is 5.51. The van der Waals surface area contributed by atoms with E-state index in [2.05, 4.69) is 15.9 Å². The Labute approximate surface area is 130 Å². The van der Waals surface area contributed by atoms with Gasteiger partial charge in [0.15, 0.2) is 0 Å². The topological polar surface area (TPSA) is 57.6 Å². The zero-order valence-corrected chi connectivity index (χ0v) is 13.9. The van der Waals surface area contributed by atoms with E-state index in [1.807, 2.05) is 18.4 Å². The summed E-state index contributed by atoms with van der Waals surface area (Å²) in [5.74, 6) is -1.51. The molecule has 0 saturated heterocycles. The average Bonchev–Trinajstić information content (AvgIpc) is 2.94. The minimum absolute atomic E-state index is 0.0497. The molecule has 3 atom stereocenters. The van der Waals surface area contributed by atoms with Crippen molar-refractivity contribution in [3.63, 3.8) is 0 Å².